The maximum Gasteiger partial charge on any atom is 0.325 e. The molecule has 1 saturated carbocycles. The van der Waals surface area contributed by atoms with Crippen molar-refractivity contribution in [2.24, 2.45) is 5.92 Å². The molecule has 0 spiro atoms. The molecular formula is C21H26N4O3. The van der Waals surface area contributed by atoms with Crippen LogP contribution in [-0.2, 0) is 16.0 Å². The van der Waals surface area contributed by atoms with Gasteiger partial charge < -0.3 is 15.6 Å². The van der Waals surface area contributed by atoms with Crippen LogP contribution in [0.1, 0.15) is 38.2 Å². The van der Waals surface area contributed by atoms with Gasteiger partial charge in [0.1, 0.15) is 12.6 Å². The Bertz CT molecular complexity index is 906. The largest absolute Gasteiger partial charge is 0.361 e. The third kappa shape index (κ3) is 3.61. The molecule has 1 aromatic heterocycles. The Morgan fingerprint density at radius 1 is 1.21 bits per heavy atom. The van der Waals surface area contributed by atoms with Gasteiger partial charge in [-0.05, 0) is 30.4 Å². The lowest BCUT2D eigenvalue weighted by Crippen LogP contribution is -2.47. The van der Waals surface area contributed by atoms with Gasteiger partial charge in [-0.2, -0.15) is 0 Å². The molecule has 7 nitrogen and oxygen atoms in total. The van der Waals surface area contributed by atoms with Crippen molar-refractivity contribution in [2.45, 2.75) is 51.1 Å². The number of nitrogens with one attached hydrogen (secondary N) is 3. The molecule has 28 heavy (non-hydrogen) atoms. The summed E-state index contributed by atoms with van der Waals surface area (Å²) in [4.78, 5) is 41.6. The maximum absolute atomic E-state index is 12.7. The first-order valence-electron chi connectivity index (χ1n) is 9.99. The first kappa shape index (κ1) is 18.5. The molecule has 0 unspecified atom stereocenters. The predicted octanol–water partition coefficient (Wildman–Crippen LogP) is 2.33. The van der Waals surface area contributed by atoms with Gasteiger partial charge in [0.05, 0.1) is 0 Å². The second kappa shape index (κ2) is 7.66. The highest BCUT2D eigenvalue weighted by atomic mass is 16.2. The number of H-pyrrole nitrogens is 1. The van der Waals surface area contributed by atoms with Gasteiger partial charge in [-0.15, -0.1) is 0 Å². The average Bonchev–Trinajstić information content (AvgIpc) is 3.20. The van der Waals surface area contributed by atoms with Crippen molar-refractivity contribution < 1.29 is 14.4 Å². The van der Waals surface area contributed by atoms with Gasteiger partial charge in [0.2, 0.25) is 5.91 Å². The number of hydrogen-bond acceptors (Lipinski definition) is 3. The van der Waals surface area contributed by atoms with E-state index in [0.717, 1.165) is 40.6 Å². The number of urea groups is 1. The minimum atomic E-state index is -0.645. The fourth-order valence-corrected chi connectivity index (χ4v) is 4.31. The van der Waals surface area contributed by atoms with E-state index in [1.807, 2.05) is 30.5 Å². The van der Waals surface area contributed by atoms with E-state index in [0.29, 0.717) is 12.3 Å². The lowest BCUT2D eigenvalue weighted by molar-refractivity contribution is -0.132. The van der Waals surface area contributed by atoms with Crippen molar-refractivity contribution >= 4 is 28.7 Å². The van der Waals surface area contributed by atoms with Crippen LogP contribution in [0, 0.1) is 5.92 Å². The molecule has 7 heteroatoms. The van der Waals surface area contributed by atoms with Gasteiger partial charge in [-0.25, -0.2) is 4.79 Å². The predicted molar refractivity (Wildman–Crippen MR) is 106 cm³/mol. The fraction of sp³-hybridized carbons (Fsp3) is 0.476. The Balaban J connectivity index is 1.39. The van der Waals surface area contributed by atoms with Gasteiger partial charge in [-0.1, -0.05) is 38.0 Å². The van der Waals surface area contributed by atoms with Crippen molar-refractivity contribution in [3.63, 3.8) is 0 Å². The van der Waals surface area contributed by atoms with Crippen LogP contribution in [0.25, 0.3) is 10.9 Å². The number of hydrogen-bond donors (Lipinski definition) is 3. The topological polar surface area (TPSA) is 94.3 Å². The zero-order valence-corrected chi connectivity index (χ0v) is 16.0. The third-order valence-electron chi connectivity index (χ3n) is 5.97. The number of aromatic amines is 1. The summed E-state index contributed by atoms with van der Waals surface area (Å²) in [6.45, 7) is 1.91. The molecule has 148 valence electrons. The zero-order valence-electron chi connectivity index (χ0n) is 16.0. The van der Waals surface area contributed by atoms with Crippen LogP contribution in [0.15, 0.2) is 30.5 Å². The molecule has 2 fully saturated rings. The third-order valence-corrected chi connectivity index (χ3v) is 5.97. The molecule has 1 aliphatic heterocycles. The van der Waals surface area contributed by atoms with E-state index in [1.165, 1.54) is 6.42 Å². The van der Waals surface area contributed by atoms with Crippen LogP contribution in [0.2, 0.25) is 0 Å². The van der Waals surface area contributed by atoms with Crippen molar-refractivity contribution in [3.8, 4) is 0 Å². The lowest BCUT2D eigenvalue weighted by atomic mass is 9.86. The van der Waals surface area contributed by atoms with Gasteiger partial charge in [0.15, 0.2) is 0 Å². The van der Waals surface area contributed by atoms with Crippen LogP contribution in [0.5, 0.6) is 0 Å². The standard InChI is InChI=1S/C21H26N4O3/c1-13-6-2-4-8-16(13)23-19(26)12-25-20(27)18(24-21(25)28)10-14-11-22-17-9-5-3-7-15(14)17/h3,5,7,9,11,13,16,18,22H,2,4,6,8,10,12H2,1H3,(H,23,26)(H,24,28)/t13-,16-,18-/m1/s1. The zero-order chi connectivity index (χ0) is 19.7. The van der Waals surface area contributed by atoms with E-state index in [9.17, 15) is 14.4 Å². The molecule has 2 heterocycles. The molecule has 4 rings (SSSR count). The van der Waals surface area contributed by atoms with Gasteiger partial charge in [0.25, 0.3) is 5.91 Å². The number of para-hydroxylation sites is 1. The number of amides is 4. The quantitative estimate of drug-likeness (QED) is 0.693. The molecule has 0 radical (unpaired) electrons. The summed E-state index contributed by atoms with van der Waals surface area (Å²) >= 11 is 0. The Labute approximate surface area is 163 Å². The Morgan fingerprint density at radius 3 is 2.82 bits per heavy atom. The lowest BCUT2D eigenvalue weighted by Gasteiger charge is -2.29. The summed E-state index contributed by atoms with van der Waals surface area (Å²) in [7, 11) is 0. The summed E-state index contributed by atoms with van der Waals surface area (Å²) in [6, 6.07) is 6.82. The maximum atomic E-state index is 12.7. The van der Waals surface area contributed by atoms with E-state index in [1.54, 1.807) is 0 Å². The molecule has 2 aromatic rings. The number of benzene rings is 1. The van der Waals surface area contributed by atoms with Gasteiger partial charge >= 0.3 is 6.03 Å². The second-order valence-corrected chi connectivity index (χ2v) is 7.93. The van der Waals surface area contributed by atoms with Crippen LogP contribution in [-0.4, -0.2) is 46.4 Å². The SMILES string of the molecule is C[C@@H]1CCCC[C@H]1NC(=O)CN1C(=O)N[C@H](Cc2c[nH]c3ccccc23)C1=O. The minimum absolute atomic E-state index is 0.129. The van der Waals surface area contributed by atoms with Crippen molar-refractivity contribution in [3.05, 3.63) is 36.0 Å². The molecule has 1 aliphatic carbocycles. The smallest absolute Gasteiger partial charge is 0.325 e. The van der Waals surface area contributed by atoms with Crippen LogP contribution >= 0.6 is 0 Å². The summed E-state index contributed by atoms with van der Waals surface area (Å²) in [5, 5.41) is 6.76. The Hall–Kier alpha value is -2.83. The number of fused-ring (bicyclic) bond motifs is 1. The Morgan fingerprint density at radius 2 is 2.00 bits per heavy atom. The van der Waals surface area contributed by atoms with E-state index < -0.39 is 12.1 Å². The highest BCUT2D eigenvalue weighted by Crippen LogP contribution is 2.24. The molecule has 0 bridgehead atoms. The molecule has 2 aliphatic rings. The summed E-state index contributed by atoms with van der Waals surface area (Å²) < 4.78 is 0. The van der Waals surface area contributed by atoms with E-state index in [-0.39, 0.29) is 24.4 Å². The average molecular weight is 382 g/mol. The van der Waals surface area contributed by atoms with Crippen LogP contribution < -0.4 is 10.6 Å². The van der Waals surface area contributed by atoms with Crippen molar-refractivity contribution in [2.75, 3.05) is 6.54 Å². The minimum Gasteiger partial charge on any atom is -0.361 e. The Kier molecular flexibility index (Phi) is 5.07. The van der Waals surface area contributed by atoms with Crippen molar-refractivity contribution in [1.29, 1.82) is 0 Å². The second-order valence-electron chi connectivity index (χ2n) is 7.93. The number of carbonyl (C=O) groups excluding carboxylic acids is 3. The van der Waals surface area contributed by atoms with Gasteiger partial charge in [0, 0.05) is 29.6 Å². The summed E-state index contributed by atoms with van der Waals surface area (Å²) in [5.74, 6) is -0.187. The van der Waals surface area contributed by atoms with E-state index in [4.69, 9.17) is 0 Å². The molecular weight excluding hydrogens is 356 g/mol. The highest BCUT2D eigenvalue weighted by Gasteiger charge is 2.39. The molecule has 3 atom stereocenters. The fourth-order valence-electron chi connectivity index (χ4n) is 4.31. The van der Waals surface area contributed by atoms with E-state index >= 15 is 0 Å². The van der Waals surface area contributed by atoms with E-state index in [2.05, 4.69) is 22.5 Å². The molecule has 4 amide bonds. The van der Waals surface area contributed by atoms with Crippen LogP contribution in [0.4, 0.5) is 4.79 Å². The number of rotatable bonds is 5. The van der Waals surface area contributed by atoms with Crippen molar-refractivity contribution in [1.82, 2.24) is 20.5 Å². The first-order chi connectivity index (χ1) is 13.5. The normalized spacial score (nSPS) is 25.2. The van der Waals surface area contributed by atoms with Crippen LogP contribution in [0.3, 0.4) is 0 Å². The molecule has 3 N–H and O–H groups in total. The monoisotopic (exact) mass is 382 g/mol. The molecule has 1 aromatic carbocycles. The highest BCUT2D eigenvalue weighted by molar-refractivity contribution is 6.06. The summed E-state index contributed by atoms with van der Waals surface area (Å²) in [5.41, 5.74) is 1.96. The summed E-state index contributed by atoms with van der Waals surface area (Å²) in [6.07, 6.45) is 6.61. The number of imide groups is 1. The van der Waals surface area contributed by atoms with Gasteiger partial charge in [-0.3, -0.25) is 14.5 Å². The number of aromatic nitrogens is 1. The number of carbonyl (C=O) groups is 3. The first-order valence-corrected chi connectivity index (χ1v) is 9.99. The number of nitrogens with zero attached hydrogens (tertiary/aromatic N) is 1. The molecule has 1 saturated heterocycles.